The molecule has 0 atom stereocenters. The van der Waals surface area contributed by atoms with Crippen molar-refractivity contribution in [2.24, 2.45) is 0 Å². The van der Waals surface area contributed by atoms with E-state index in [1.807, 2.05) is 84.0 Å². The first-order chi connectivity index (χ1) is 67.1. The van der Waals surface area contributed by atoms with Crippen LogP contribution in [0.1, 0.15) is 73.7 Å². The van der Waals surface area contributed by atoms with Gasteiger partial charge < -0.3 is 81.5 Å². The predicted molar refractivity (Wildman–Crippen MR) is 547 cm³/mol. The van der Waals surface area contributed by atoms with E-state index in [0.717, 1.165) is 88.4 Å². The summed E-state index contributed by atoms with van der Waals surface area (Å²) in [6.07, 6.45) is 6.04. The summed E-state index contributed by atoms with van der Waals surface area (Å²) in [5.74, 6) is -11.4. The summed E-state index contributed by atoms with van der Waals surface area (Å²) in [4.78, 5) is 143. The summed E-state index contributed by atoms with van der Waals surface area (Å²) in [6.45, 7) is 11.4. The molecule has 6 amide bonds. The number of halogens is 6. The number of ether oxygens (including phenoxy) is 4. The number of methoxy groups -OCH3 is 4. The Morgan fingerprint density at radius 2 is 0.617 bits per heavy atom. The summed E-state index contributed by atoms with van der Waals surface area (Å²) in [5, 5.41) is 76.7. The maximum absolute atomic E-state index is 12.8. The second kappa shape index (κ2) is 55.5. The number of amides is 6. The Labute approximate surface area is 835 Å². The number of carbonyl (C=O) groups is 12. The van der Waals surface area contributed by atoms with E-state index in [1.165, 1.54) is 83.0 Å². The van der Waals surface area contributed by atoms with E-state index in [-0.39, 0.29) is 51.3 Å². The molecule has 34 heteroatoms. The van der Waals surface area contributed by atoms with E-state index < -0.39 is 81.7 Å². The topological polar surface area (TPSA) is 435 Å². The summed E-state index contributed by atoms with van der Waals surface area (Å²) < 4.78 is 33.2. The number of aryl methyl sites for hydroxylation is 5. The van der Waals surface area contributed by atoms with Crippen LogP contribution in [0.15, 0.2) is 303 Å². The molecule has 0 unspecified atom stereocenters. The van der Waals surface area contributed by atoms with E-state index in [1.54, 1.807) is 158 Å². The van der Waals surface area contributed by atoms with Gasteiger partial charge in [-0.15, -0.1) is 0 Å². The Hall–Kier alpha value is -16.7. The molecule has 12 rings (SSSR count). The number of anilines is 6. The minimum absolute atomic E-state index is 0.234. The highest BCUT2D eigenvalue weighted by Crippen LogP contribution is 2.33. The fraction of sp³-hybridized carbons (Fsp3) is 0.103. The maximum atomic E-state index is 12.8. The lowest BCUT2D eigenvalue weighted by Gasteiger charge is -2.09. The van der Waals surface area contributed by atoms with Crippen molar-refractivity contribution >= 4 is 197 Å². The molecular weight excluding hydrogens is 1920 g/mol. The van der Waals surface area contributed by atoms with Crippen LogP contribution in [-0.2, 0) is 64.0 Å². The lowest BCUT2D eigenvalue weighted by atomic mass is 10.1. The Bertz CT molecular complexity index is 6530. The number of rotatable bonds is 29. The molecule has 0 aliphatic carbocycles. The monoisotopic (exact) mass is 2010 g/mol. The van der Waals surface area contributed by atoms with Gasteiger partial charge in [0.15, 0.2) is 0 Å². The highest BCUT2D eigenvalue weighted by molar-refractivity contribution is 6.49. The third-order valence-electron chi connectivity index (χ3n) is 19.5. The van der Waals surface area contributed by atoms with Crippen molar-refractivity contribution in [3.05, 3.63) is 401 Å². The Morgan fingerprint density at radius 3 is 0.993 bits per heavy atom. The fourth-order valence-corrected chi connectivity index (χ4v) is 12.4. The highest BCUT2D eigenvalue weighted by Gasteiger charge is 2.23. The number of hydrogen-bond acceptors (Lipinski definition) is 22. The minimum atomic E-state index is -0.934. The standard InChI is InChI=1S/C19H19NO5.C18H16ClNO3.C18H16FNO3.C18H17NO3.2C17H13Cl2NO4/c1-12-4-6-13(7-5-12)20-19(23)17(22)11-16(21)15-10-14(24-2)8-9-18(15)25-3;1-11-4-3-5-15(12(11)2)20-18(23)17(22)10-16(21)13-6-8-14(19)9-7-13;1-11-3-4-12(2)15(9-11)20-18(23)17(22)10-16(21)13-5-7-14(19)8-6-13;1-2-13-8-10-15(11-9-13)19-18(22)17(21)12-16(20)14-6-4-3-5-7-14;2*1-24-16-7-6-12(19)8-13(16)20-17(23)15(22)9-14(21)10-2-4-11(18)5-3-10/h4-11,21H,1-3H3,(H,20,23);2*3-10,21H,1-2H3,(H,20,23);3-12,20H,2H2,1H3,(H,19,22);2*2-9,21H,1H3,(H,20,23). The molecular formula is C107H94Cl5FN6O22. The van der Waals surface area contributed by atoms with Crippen LogP contribution in [0.25, 0.3) is 34.6 Å². The molecule has 0 bridgehead atoms. The van der Waals surface area contributed by atoms with Gasteiger partial charge in [-0.25, -0.2) is 4.39 Å². The maximum Gasteiger partial charge on any atom is 0.296 e. The molecule has 0 saturated heterocycles. The molecule has 141 heavy (non-hydrogen) atoms. The first-order valence-electron chi connectivity index (χ1n) is 41.9. The lowest BCUT2D eigenvalue weighted by Crippen LogP contribution is -2.21. The van der Waals surface area contributed by atoms with Gasteiger partial charge in [-0.1, -0.05) is 149 Å². The lowest BCUT2D eigenvalue weighted by molar-refractivity contribution is -0.132. The molecule has 0 saturated carbocycles. The van der Waals surface area contributed by atoms with Gasteiger partial charge in [0.05, 0.1) is 45.4 Å². The molecule has 0 radical (unpaired) electrons. The van der Waals surface area contributed by atoms with Crippen LogP contribution < -0.4 is 50.8 Å². The van der Waals surface area contributed by atoms with Crippen LogP contribution >= 0.6 is 58.0 Å². The van der Waals surface area contributed by atoms with Crippen molar-refractivity contribution in [3.63, 3.8) is 0 Å². The van der Waals surface area contributed by atoms with E-state index in [4.69, 9.17) is 77.0 Å². The normalized spacial score (nSPS) is 11.1. The number of carbonyl (C=O) groups excluding carboxylic acids is 12. The number of nitrogens with one attached hydrogen (secondary N) is 6. The summed E-state index contributed by atoms with van der Waals surface area (Å²) in [7, 11) is 5.76. The van der Waals surface area contributed by atoms with Gasteiger partial charge in [0.25, 0.3) is 35.4 Å². The van der Waals surface area contributed by atoms with E-state index >= 15 is 0 Å². The van der Waals surface area contributed by atoms with Crippen LogP contribution in [0.4, 0.5) is 38.5 Å². The number of hydrogen-bond donors (Lipinski definition) is 12. The molecule has 12 N–H and O–H groups in total. The van der Waals surface area contributed by atoms with Gasteiger partial charge in [0.2, 0.25) is 34.7 Å². The second-order valence-corrected chi connectivity index (χ2v) is 31.9. The molecule has 0 fully saturated rings. The number of ketones is 6. The van der Waals surface area contributed by atoms with Crippen molar-refractivity contribution in [1.82, 2.24) is 0 Å². The number of aliphatic hydroxyl groups is 6. The quantitative estimate of drug-likeness (QED) is 0.0118. The molecule has 726 valence electrons. The minimum Gasteiger partial charge on any atom is -0.507 e. The van der Waals surface area contributed by atoms with Crippen molar-refractivity contribution in [1.29, 1.82) is 0 Å². The molecule has 12 aromatic rings. The number of aliphatic hydroxyl groups excluding tert-OH is 6. The molecule has 0 heterocycles. The third-order valence-corrected chi connectivity index (χ3v) is 20.7. The Balaban J connectivity index is 0.000000230. The smallest absolute Gasteiger partial charge is 0.296 e. The largest absolute Gasteiger partial charge is 0.507 e. The Kier molecular flexibility index (Phi) is 43.8. The zero-order valence-corrected chi connectivity index (χ0v) is 80.8. The van der Waals surface area contributed by atoms with Gasteiger partial charge in [-0.05, 0) is 257 Å². The number of benzene rings is 12. The third kappa shape index (κ3) is 36.4. The first-order valence-corrected chi connectivity index (χ1v) is 43.8. The van der Waals surface area contributed by atoms with Gasteiger partial charge in [-0.3, -0.25) is 57.5 Å². The molecule has 0 aliphatic rings. The van der Waals surface area contributed by atoms with Crippen LogP contribution in [0.2, 0.25) is 25.1 Å². The van der Waals surface area contributed by atoms with Gasteiger partial charge in [0, 0.05) is 112 Å². The summed E-state index contributed by atoms with van der Waals surface area (Å²) >= 11 is 29.0. The SMILES string of the molecule is CCc1ccc(NC(=O)C(=O)C=C(O)c2ccccc2)cc1.COc1ccc(Cl)cc1NC(=O)C(=O)C=C(O)c1ccc(Cl)cc1.COc1ccc(Cl)cc1NC(=O)C(=O)C=C(O)c1ccc(Cl)cc1.COc1ccc(OC)c(C(O)=CC(=O)C(=O)Nc2ccc(C)cc2)c1.Cc1ccc(C)c(NC(=O)C(=O)C=C(O)c2ccc(F)cc2)c1.Cc1cccc(NC(=O)C(=O)C=C(O)c2ccc(Cl)cc2)c1C. The van der Waals surface area contributed by atoms with Crippen LogP contribution in [0.3, 0.4) is 0 Å². The van der Waals surface area contributed by atoms with E-state index in [2.05, 4.69) is 31.9 Å². The van der Waals surface area contributed by atoms with Gasteiger partial charge >= 0.3 is 0 Å². The van der Waals surface area contributed by atoms with Crippen LogP contribution in [0.5, 0.6) is 23.0 Å². The van der Waals surface area contributed by atoms with Crippen molar-refractivity contribution in [3.8, 4) is 23.0 Å². The van der Waals surface area contributed by atoms with E-state index in [0.29, 0.717) is 93.1 Å². The Morgan fingerprint density at radius 1 is 0.291 bits per heavy atom. The average molecular weight is 2010 g/mol. The summed E-state index contributed by atoms with van der Waals surface area (Å²) in [5.41, 5.74) is 10.6. The van der Waals surface area contributed by atoms with E-state index in [9.17, 15) is 92.6 Å². The molecule has 28 nitrogen and oxygen atoms in total. The van der Waals surface area contributed by atoms with Crippen molar-refractivity contribution in [2.75, 3.05) is 60.3 Å². The van der Waals surface area contributed by atoms with Gasteiger partial charge in [-0.2, -0.15) is 0 Å². The second-order valence-electron chi connectivity index (χ2n) is 29.7. The first kappa shape index (κ1) is 111. The zero-order valence-electron chi connectivity index (χ0n) is 77.1. The van der Waals surface area contributed by atoms with Crippen molar-refractivity contribution in [2.45, 2.75) is 48.0 Å². The van der Waals surface area contributed by atoms with Crippen LogP contribution in [-0.4, -0.2) is 129 Å². The molecule has 0 spiro atoms. The molecule has 12 aromatic carbocycles. The highest BCUT2D eigenvalue weighted by atomic mass is 35.5. The zero-order chi connectivity index (χ0) is 104. The molecule has 0 aliphatic heterocycles. The van der Waals surface area contributed by atoms with Gasteiger partial charge in [0.1, 0.15) is 63.4 Å². The predicted octanol–water partition coefficient (Wildman–Crippen LogP) is 22.3. The van der Waals surface area contributed by atoms with Crippen LogP contribution in [0, 0.1) is 40.4 Å². The average Bonchev–Trinajstić information content (AvgIpc) is 0.838. The molecule has 0 aromatic heterocycles. The fourth-order valence-electron chi connectivity index (χ4n) is 11.6. The summed E-state index contributed by atoms with van der Waals surface area (Å²) in [6, 6.07) is 71.3. The van der Waals surface area contributed by atoms with Crippen molar-refractivity contribution < 1.29 is 112 Å².